The maximum Gasteiger partial charge on any atom is 0.407 e. The zero-order chi connectivity index (χ0) is 15.4. The highest BCUT2D eigenvalue weighted by Gasteiger charge is 2.15. The van der Waals surface area contributed by atoms with E-state index in [0.717, 1.165) is 25.0 Å². The lowest BCUT2D eigenvalue weighted by atomic mass is 10.2. The van der Waals surface area contributed by atoms with Gasteiger partial charge in [-0.15, -0.1) is 0 Å². The summed E-state index contributed by atoms with van der Waals surface area (Å²) in [5, 5.41) is 6.15. The van der Waals surface area contributed by atoms with E-state index in [2.05, 4.69) is 20.3 Å². The van der Waals surface area contributed by atoms with Crippen molar-refractivity contribution in [3.63, 3.8) is 0 Å². The summed E-state index contributed by atoms with van der Waals surface area (Å²) in [5.74, 6) is 0. The number of alkyl carbamates (subject to hydrolysis) is 1. The second kappa shape index (κ2) is 10.1. The summed E-state index contributed by atoms with van der Waals surface area (Å²) in [6.07, 6.45) is 2.02. The van der Waals surface area contributed by atoms with Crippen molar-refractivity contribution in [2.75, 3.05) is 19.6 Å². The average molecular weight is 283 g/mol. The fourth-order valence-electron chi connectivity index (χ4n) is 1.38. The summed E-state index contributed by atoms with van der Waals surface area (Å²) in [4.78, 5) is 18.4. The van der Waals surface area contributed by atoms with Gasteiger partial charge in [0.25, 0.3) is 0 Å². The molecule has 0 aromatic rings. The molecule has 114 valence electrons. The molecule has 0 bridgehead atoms. The van der Waals surface area contributed by atoms with Gasteiger partial charge in [-0.2, -0.15) is 0 Å². The number of rotatable bonds is 8. The molecule has 7 nitrogen and oxygen atoms in total. The van der Waals surface area contributed by atoms with Crippen molar-refractivity contribution in [1.29, 1.82) is 0 Å². The van der Waals surface area contributed by atoms with E-state index < -0.39 is 11.7 Å². The second-order valence-corrected chi connectivity index (χ2v) is 5.46. The predicted molar refractivity (Wildman–Crippen MR) is 80.1 cm³/mol. The van der Waals surface area contributed by atoms with Gasteiger partial charge in [-0.05, 0) is 52.5 Å². The molecule has 0 fully saturated rings. The van der Waals surface area contributed by atoms with Crippen molar-refractivity contribution in [2.24, 2.45) is 10.1 Å². The molecule has 0 saturated heterocycles. The molecule has 0 aliphatic carbocycles. The quantitative estimate of drug-likeness (QED) is 0.242. The third-order valence-corrected chi connectivity index (χ3v) is 2.24. The Labute approximate surface area is 120 Å². The molecule has 0 aromatic heterocycles. The predicted octanol–water partition coefficient (Wildman–Crippen LogP) is 3.45. The van der Waals surface area contributed by atoms with Gasteiger partial charge in [-0.1, -0.05) is 5.11 Å². The summed E-state index contributed by atoms with van der Waals surface area (Å²) in [5.41, 5.74) is 8.70. The first-order valence-electron chi connectivity index (χ1n) is 6.83. The first-order chi connectivity index (χ1) is 9.35. The minimum atomic E-state index is -0.468. The van der Waals surface area contributed by atoms with Gasteiger partial charge in [0.1, 0.15) is 5.60 Å². The maximum absolute atomic E-state index is 11.3. The number of nitrogens with one attached hydrogen (secondary N) is 1. The van der Waals surface area contributed by atoms with Crippen LogP contribution in [0, 0.1) is 0 Å². The molecule has 0 spiro atoms. The maximum atomic E-state index is 11.3. The molecule has 0 rings (SSSR count). The Morgan fingerprint density at radius 3 is 2.60 bits per heavy atom. The number of hydrogen-bond donors (Lipinski definition) is 1. The molecule has 0 aliphatic rings. The summed E-state index contributed by atoms with van der Waals surface area (Å²) in [6.45, 7) is 9.16. The highest BCUT2D eigenvalue weighted by molar-refractivity contribution is 5.81. The van der Waals surface area contributed by atoms with Crippen LogP contribution in [0.1, 0.15) is 47.0 Å². The Morgan fingerprint density at radius 2 is 2.00 bits per heavy atom. The van der Waals surface area contributed by atoms with Gasteiger partial charge in [0, 0.05) is 30.3 Å². The highest BCUT2D eigenvalue weighted by atomic mass is 16.6. The van der Waals surface area contributed by atoms with E-state index in [9.17, 15) is 4.79 Å². The monoisotopic (exact) mass is 283 g/mol. The van der Waals surface area contributed by atoms with Crippen LogP contribution in [0.4, 0.5) is 4.79 Å². The first-order valence-corrected chi connectivity index (χ1v) is 6.83. The fourth-order valence-corrected chi connectivity index (χ4v) is 1.38. The number of nitrogens with zero attached hydrogens (tertiary/aromatic N) is 4. The molecule has 7 heteroatoms. The van der Waals surface area contributed by atoms with Crippen LogP contribution in [0.2, 0.25) is 0 Å². The summed E-state index contributed by atoms with van der Waals surface area (Å²) < 4.78 is 5.12. The van der Waals surface area contributed by atoms with E-state index in [0.29, 0.717) is 19.6 Å². The SMILES string of the molecule is CC(CCCN=[N+]=[N-])=NCCCNC(=O)OC(C)(C)C. The van der Waals surface area contributed by atoms with Crippen LogP contribution in [0.3, 0.4) is 0 Å². The molecule has 1 amide bonds. The van der Waals surface area contributed by atoms with Crippen LogP contribution in [0.5, 0.6) is 0 Å². The number of azide groups is 1. The second-order valence-electron chi connectivity index (χ2n) is 5.46. The van der Waals surface area contributed by atoms with E-state index >= 15 is 0 Å². The van der Waals surface area contributed by atoms with Gasteiger partial charge in [-0.25, -0.2) is 4.79 Å². The summed E-state index contributed by atoms with van der Waals surface area (Å²) in [7, 11) is 0. The largest absolute Gasteiger partial charge is 0.444 e. The molecule has 0 saturated carbocycles. The summed E-state index contributed by atoms with van der Waals surface area (Å²) in [6, 6.07) is 0. The van der Waals surface area contributed by atoms with Crippen molar-refractivity contribution < 1.29 is 9.53 Å². The molecule has 0 unspecified atom stereocenters. The van der Waals surface area contributed by atoms with Gasteiger partial charge in [-0.3, -0.25) is 4.99 Å². The lowest BCUT2D eigenvalue weighted by Crippen LogP contribution is -2.33. The number of ether oxygens (including phenoxy) is 1. The molecule has 20 heavy (non-hydrogen) atoms. The van der Waals surface area contributed by atoms with Crippen molar-refractivity contribution in [1.82, 2.24) is 5.32 Å². The van der Waals surface area contributed by atoms with Crippen LogP contribution >= 0.6 is 0 Å². The highest BCUT2D eigenvalue weighted by Crippen LogP contribution is 2.06. The van der Waals surface area contributed by atoms with Crippen LogP contribution < -0.4 is 5.32 Å². The van der Waals surface area contributed by atoms with Gasteiger partial charge in [0.2, 0.25) is 0 Å². The molecule has 0 aliphatic heterocycles. The summed E-state index contributed by atoms with van der Waals surface area (Å²) >= 11 is 0. The normalized spacial score (nSPS) is 11.7. The number of amides is 1. The lowest BCUT2D eigenvalue weighted by Gasteiger charge is -2.19. The molecule has 1 N–H and O–H groups in total. The van der Waals surface area contributed by atoms with Crippen LogP contribution in [-0.4, -0.2) is 37.0 Å². The van der Waals surface area contributed by atoms with Crippen molar-refractivity contribution >= 4 is 11.8 Å². The minimum Gasteiger partial charge on any atom is -0.444 e. The van der Waals surface area contributed by atoms with E-state index in [4.69, 9.17) is 10.3 Å². The molecular formula is C13H25N5O2. The number of carbonyl (C=O) groups excluding carboxylic acids is 1. The van der Waals surface area contributed by atoms with E-state index in [1.165, 1.54) is 0 Å². The number of aliphatic imine (C=N–C) groups is 1. The molecular weight excluding hydrogens is 258 g/mol. The Hall–Kier alpha value is -1.75. The number of hydrogen-bond acceptors (Lipinski definition) is 4. The molecule has 0 aromatic carbocycles. The van der Waals surface area contributed by atoms with Gasteiger partial charge in [0.15, 0.2) is 0 Å². The molecule has 0 atom stereocenters. The smallest absolute Gasteiger partial charge is 0.407 e. The lowest BCUT2D eigenvalue weighted by molar-refractivity contribution is 0.0527. The number of carbonyl (C=O) groups is 1. The standard InChI is InChI=1S/C13H25N5O2/c1-11(7-5-10-17-18-14)15-8-6-9-16-12(19)20-13(2,3)4/h5-10H2,1-4H3,(H,16,19). The van der Waals surface area contributed by atoms with Crippen molar-refractivity contribution in [3.05, 3.63) is 10.4 Å². The Kier molecular flexibility index (Phi) is 9.20. The van der Waals surface area contributed by atoms with E-state index in [1.807, 2.05) is 27.7 Å². The zero-order valence-corrected chi connectivity index (χ0v) is 12.8. The third kappa shape index (κ3) is 12.7. The molecule has 0 radical (unpaired) electrons. The van der Waals surface area contributed by atoms with Gasteiger partial charge in [0.05, 0.1) is 0 Å². The van der Waals surface area contributed by atoms with E-state index in [-0.39, 0.29) is 0 Å². The van der Waals surface area contributed by atoms with Crippen molar-refractivity contribution in [3.8, 4) is 0 Å². The third-order valence-electron chi connectivity index (χ3n) is 2.24. The van der Waals surface area contributed by atoms with Gasteiger partial charge < -0.3 is 10.1 Å². The van der Waals surface area contributed by atoms with Gasteiger partial charge >= 0.3 is 6.09 Å². The van der Waals surface area contributed by atoms with E-state index in [1.54, 1.807) is 0 Å². The van der Waals surface area contributed by atoms with Crippen LogP contribution in [0.15, 0.2) is 10.1 Å². The minimum absolute atomic E-state index is 0.396. The first kappa shape index (κ1) is 18.2. The van der Waals surface area contributed by atoms with Crippen LogP contribution in [0.25, 0.3) is 10.4 Å². The Balaban J connectivity index is 3.64. The fraction of sp³-hybridized carbons (Fsp3) is 0.846. The Morgan fingerprint density at radius 1 is 1.30 bits per heavy atom. The molecule has 0 heterocycles. The zero-order valence-electron chi connectivity index (χ0n) is 12.8. The topological polar surface area (TPSA) is 99.5 Å². The van der Waals surface area contributed by atoms with Crippen molar-refractivity contribution in [2.45, 2.75) is 52.6 Å². The average Bonchev–Trinajstić information content (AvgIpc) is 2.32. The Bertz CT molecular complexity index is 367. The van der Waals surface area contributed by atoms with Crippen LogP contribution in [-0.2, 0) is 4.74 Å².